The molecule has 1 aliphatic rings. The largest absolute Gasteiger partial charge is 0.453 e. The molecule has 0 aromatic carbocycles. The molecule has 0 aliphatic heterocycles. The number of aryl methyl sites for hydroxylation is 2. The van der Waals surface area contributed by atoms with Crippen molar-refractivity contribution in [2.75, 3.05) is 11.5 Å². The summed E-state index contributed by atoms with van der Waals surface area (Å²) in [4.78, 5) is 30.7. The normalized spacial score (nSPS) is 13.6. The predicted octanol–water partition coefficient (Wildman–Crippen LogP) is 1.88. The van der Waals surface area contributed by atoms with Crippen molar-refractivity contribution in [1.82, 2.24) is 19.9 Å². The van der Waals surface area contributed by atoms with E-state index in [-0.39, 0.29) is 18.1 Å². The van der Waals surface area contributed by atoms with Crippen molar-refractivity contribution in [3.63, 3.8) is 0 Å². The number of esters is 1. The summed E-state index contributed by atoms with van der Waals surface area (Å²) < 4.78 is 5.20. The number of nitrogen functional groups attached to an aromatic ring is 2. The lowest BCUT2D eigenvalue weighted by Crippen LogP contribution is -2.13. The van der Waals surface area contributed by atoms with Crippen LogP contribution in [0.3, 0.4) is 0 Å². The molecule has 4 N–H and O–H groups in total. The van der Waals surface area contributed by atoms with Gasteiger partial charge in [-0.25, -0.2) is 24.7 Å². The lowest BCUT2D eigenvalue weighted by molar-refractivity contribution is 0.0456. The second kappa shape index (κ2) is 6.25. The Hall–Kier alpha value is -2.81. The Morgan fingerprint density at radius 2 is 1.92 bits per heavy atom. The van der Waals surface area contributed by atoms with Gasteiger partial charge in [0.15, 0.2) is 23.9 Å². The lowest BCUT2D eigenvalue weighted by Gasteiger charge is -2.10. The monoisotopic (exact) mass is 356 g/mol. The van der Waals surface area contributed by atoms with E-state index in [1.54, 1.807) is 11.3 Å². The molecule has 0 unspecified atom stereocenters. The van der Waals surface area contributed by atoms with Crippen molar-refractivity contribution in [2.24, 2.45) is 0 Å². The fourth-order valence-electron chi connectivity index (χ4n) is 3.00. The Balaban J connectivity index is 1.58. The fourth-order valence-corrected chi connectivity index (χ4v) is 4.29. The number of aromatic nitrogens is 4. The summed E-state index contributed by atoms with van der Waals surface area (Å²) in [5.41, 5.74) is 13.0. The van der Waals surface area contributed by atoms with Crippen molar-refractivity contribution in [3.05, 3.63) is 34.4 Å². The second-order valence-corrected chi connectivity index (χ2v) is 6.87. The molecule has 4 rings (SSSR count). The molecular formula is C16H16N6O2S. The molecule has 0 atom stereocenters. The molecule has 0 saturated carbocycles. The van der Waals surface area contributed by atoms with Crippen LogP contribution >= 0.6 is 11.3 Å². The van der Waals surface area contributed by atoms with E-state index < -0.39 is 5.97 Å². The average Bonchev–Trinajstić information content (AvgIpc) is 2.99. The van der Waals surface area contributed by atoms with Crippen molar-refractivity contribution < 1.29 is 9.53 Å². The Morgan fingerprint density at radius 1 is 1.12 bits per heavy atom. The number of nitrogens with zero attached hydrogens (tertiary/aromatic N) is 4. The molecule has 9 heteroatoms. The summed E-state index contributed by atoms with van der Waals surface area (Å²) in [7, 11) is 0. The summed E-state index contributed by atoms with van der Waals surface area (Å²) in [6, 6.07) is 0. The molecule has 8 nitrogen and oxygen atoms in total. The van der Waals surface area contributed by atoms with Crippen LogP contribution in [-0.2, 0) is 24.2 Å². The minimum absolute atomic E-state index is 0.0225. The molecule has 0 fully saturated rings. The number of fused-ring (bicyclic) bond motifs is 3. The standard InChI is InChI=1S/C16H16N6O2S/c17-13-11-8-3-1-2-4-9(8)25-15(11)22-10(21-13)7-24-16(23)12-14(18)20-6-5-19-12/h5-6H,1-4,7H2,(H2,18,20)(H2,17,21,22). The Bertz CT molecular complexity index is 971. The van der Waals surface area contributed by atoms with E-state index in [1.165, 1.54) is 29.3 Å². The van der Waals surface area contributed by atoms with E-state index in [0.717, 1.165) is 29.5 Å². The summed E-state index contributed by atoms with van der Waals surface area (Å²) in [6.45, 7) is -0.0996. The third-order valence-corrected chi connectivity index (χ3v) is 5.33. The van der Waals surface area contributed by atoms with Gasteiger partial charge in [-0.15, -0.1) is 11.3 Å². The number of hydrogen-bond acceptors (Lipinski definition) is 9. The number of ether oxygens (including phenoxy) is 1. The Morgan fingerprint density at radius 3 is 2.76 bits per heavy atom. The number of hydrogen-bond donors (Lipinski definition) is 2. The van der Waals surface area contributed by atoms with Gasteiger partial charge in [-0.2, -0.15) is 0 Å². The van der Waals surface area contributed by atoms with Gasteiger partial charge in [0.05, 0.1) is 5.39 Å². The molecule has 3 heterocycles. The summed E-state index contributed by atoms with van der Waals surface area (Å²) in [6.07, 6.45) is 7.22. The first-order valence-corrected chi connectivity index (χ1v) is 8.75. The number of anilines is 2. The van der Waals surface area contributed by atoms with Gasteiger partial charge in [-0.1, -0.05) is 0 Å². The quantitative estimate of drug-likeness (QED) is 0.680. The maximum Gasteiger partial charge on any atom is 0.361 e. The third kappa shape index (κ3) is 2.86. The Labute approximate surface area is 147 Å². The molecule has 3 aromatic heterocycles. The molecular weight excluding hydrogens is 340 g/mol. The van der Waals surface area contributed by atoms with E-state index in [4.69, 9.17) is 16.2 Å². The van der Waals surface area contributed by atoms with Gasteiger partial charge < -0.3 is 16.2 Å². The van der Waals surface area contributed by atoms with Gasteiger partial charge in [0.25, 0.3) is 0 Å². The summed E-state index contributed by atoms with van der Waals surface area (Å²) >= 11 is 1.65. The molecule has 1 aliphatic carbocycles. The number of rotatable bonds is 3. The van der Waals surface area contributed by atoms with Crippen LogP contribution in [0.4, 0.5) is 11.6 Å². The average molecular weight is 356 g/mol. The first-order valence-electron chi connectivity index (χ1n) is 7.93. The minimum Gasteiger partial charge on any atom is -0.453 e. The summed E-state index contributed by atoms with van der Waals surface area (Å²) in [5, 5.41) is 0.952. The second-order valence-electron chi connectivity index (χ2n) is 5.78. The first kappa shape index (κ1) is 15.7. The zero-order chi connectivity index (χ0) is 17.4. The molecule has 0 saturated heterocycles. The number of carbonyl (C=O) groups excluding carboxylic acids is 1. The topological polar surface area (TPSA) is 130 Å². The molecule has 0 spiro atoms. The van der Waals surface area contributed by atoms with E-state index >= 15 is 0 Å². The molecule has 3 aromatic rings. The minimum atomic E-state index is -0.668. The highest BCUT2D eigenvalue weighted by molar-refractivity contribution is 7.19. The van der Waals surface area contributed by atoms with E-state index in [2.05, 4.69) is 19.9 Å². The zero-order valence-electron chi connectivity index (χ0n) is 13.4. The van der Waals surface area contributed by atoms with Gasteiger partial charge in [-0.05, 0) is 31.2 Å². The van der Waals surface area contributed by atoms with Crippen LogP contribution < -0.4 is 11.5 Å². The molecule has 0 bridgehead atoms. The zero-order valence-corrected chi connectivity index (χ0v) is 14.2. The number of carbonyl (C=O) groups is 1. The highest BCUT2D eigenvalue weighted by Crippen LogP contribution is 2.37. The van der Waals surface area contributed by atoms with Gasteiger partial charge in [0.2, 0.25) is 0 Å². The first-order chi connectivity index (χ1) is 12.1. The van der Waals surface area contributed by atoms with Crippen LogP contribution in [0.25, 0.3) is 10.2 Å². The molecule has 128 valence electrons. The van der Waals surface area contributed by atoms with Crippen molar-refractivity contribution in [3.8, 4) is 0 Å². The van der Waals surface area contributed by atoms with Crippen LogP contribution in [0.5, 0.6) is 0 Å². The van der Waals surface area contributed by atoms with Gasteiger partial charge >= 0.3 is 5.97 Å². The van der Waals surface area contributed by atoms with Crippen LogP contribution in [0.15, 0.2) is 12.4 Å². The Kier molecular flexibility index (Phi) is 3.92. The summed E-state index contributed by atoms with van der Waals surface area (Å²) in [5.74, 6) is 0.154. The highest BCUT2D eigenvalue weighted by Gasteiger charge is 2.21. The van der Waals surface area contributed by atoms with E-state index in [1.807, 2.05) is 0 Å². The van der Waals surface area contributed by atoms with Crippen molar-refractivity contribution >= 4 is 39.2 Å². The number of thiophene rings is 1. The lowest BCUT2D eigenvalue weighted by atomic mass is 9.97. The third-order valence-electron chi connectivity index (χ3n) is 4.14. The van der Waals surface area contributed by atoms with Crippen LogP contribution in [0.2, 0.25) is 0 Å². The van der Waals surface area contributed by atoms with Gasteiger partial charge in [0, 0.05) is 17.3 Å². The highest BCUT2D eigenvalue weighted by atomic mass is 32.1. The van der Waals surface area contributed by atoms with Crippen LogP contribution in [0, 0.1) is 0 Å². The molecule has 25 heavy (non-hydrogen) atoms. The van der Waals surface area contributed by atoms with E-state index in [0.29, 0.717) is 11.6 Å². The van der Waals surface area contributed by atoms with Gasteiger partial charge in [0.1, 0.15) is 10.6 Å². The molecule has 0 radical (unpaired) electrons. The van der Waals surface area contributed by atoms with Gasteiger partial charge in [-0.3, -0.25) is 0 Å². The van der Waals surface area contributed by atoms with Crippen LogP contribution in [-0.4, -0.2) is 25.9 Å². The SMILES string of the molecule is Nc1nccnc1C(=O)OCc1nc(N)c2c3c(sc2n1)CCCC3. The fraction of sp³-hybridized carbons (Fsp3) is 0.312. The number of nitrogens with two attached hydrogens (primary N) is 2. The van der Waals surface area contributed by atoms with Crippen molar-refractivity contribution in [2.45, 2.75) is 32.3 Å². The molecule has 0 amide bonds. The van der Waals surface area contributed by atoms with Crippen LogP contribution in [0.1, 0.15) is 39.6 Å². The van der Waals surface area contributed by atoms with E-state index in [9.17, 15) is 4.79 Å². The maximum atomic E-state index is 12.1. The predicted molar refractivity (Wildman–Crippen MR) is 94.0 cm³/mol. The van der Waals surface area contributed by atoms with Crippen molar-refractivity contribution in [1.29, 1.82) is 0 Å². The smallest absolute Gasteiger partial charge is 0.361 e. The maximum absolute atomic E-state index is 12.1.